The maximum atomic E-state index is 3.84. The fraction of sp³-hybridized carbons (Fsp3) is 0.647. The van der Waals surface area contributed by atoms with Gasteiger partial charge in [0.05, 0.1) is 0 Å². The van der Waals surface area contributed by atoms with E-state index in [-0.39, 0.29) is 0 Å². The number of hydrogen-bond donors (Lipinski definition) is 1. The third kappa shape index (κ3) is 3.35. The molecule has 18 heavy (non-hydrogen) atoms. The molecule has 3 atom stereocenters. The minimum Gasteiger partial charge on any atom is -0.307 e. The van der Waals surface area contributed by atoms with Crippen LogP contribution in [0, 0.1) is 12.8 Å². The van der Waals surface area contributed by atoms with Gasteiger partial charge in [0, 0.05) is 12.1 Å². The highest BCUT2D eigenvalue weighted by Crippen LogP contribution is 2.28. The summed E-state index contributed by atoms with van der Waals surface area (Å²) in [5, 5.41) is 3.84. The van der Waals surface area contributed by atoms with Crippen molar-refractivity contribution in [2.24, 2.45) is 5.92 Å². The van der Waals surface area contributed by atoms with Crippen LogP contribution < -0.4 is 5.32 Å². The topological polar surface area (TPSA) is 12.0 Å². The van der Waals surface area contributed by atoms with Crippen molar-refractivity contribution in [3.63, 3.8) is 0 Å². The Morgan fingerprint density at radius 2 is 2.06 bits per heavy atom. The molecule has 1 aromatic rings. The van der Waals surface area contributed by atoms with Gasteiger partial charge in [0.1, 0.15) is 0 Å². The van der Waals surface area contributed by atoms with Crippen molar-refractivity contribution in [1.82, 2.24) is 5.32 Å². The van der Waals surface area contributed by atoms with E-state index >= 15 is 0 Å². The molecule has 1 N–H and O–H groups in total. The summed E-state index contributed by atoms with van der Waals surface area (Å²) in [7, 11) is 0. The van der Waals surface area contributed by atoms with E-state index in [1.54, 1.807) is 0 Å². The first-order valence-corrected chi connectivity index (χ1v) is 7.52. The quantitative estimate of drug-likeness (QED) is 0.816. The minimum atomic E-state index is 0.479. The zero-order valence-electron chi connectivity index (χ0n) is 12.1. The number of benzene rings is 1. The maximum absolute atomic E-state index is 3.84. The summed E-state index contributed by atoms with van der Waals surface area (Å²) >= 11 is 0. The molecule has 1 heteroatoms. The SMILES string of the molecule is CCC1CCCC(N[C@H](C)c2ccccc2C)C1. The van der Waals surface area contributed by atoms with Crippen molar-refractivity contribution < 1.29 is 0 Å². The van der Waals surface area contributed by atoms with Gasteiger partial charge in [-0.05, 0) is 43.7 Å². The van der Waals surface area contributed by atoms with E-state index in [0.717, 1.165) is 12.0 Å². The highest BCUT2D eigenvalue weighted by molar-refractivity contribution is 5.28. The Hall–Kier alpha value is -0.820. The summed E-state index contributed by atoms with van der Waals surface area (Å²) in [5.74, 6) is 0.945. The smallest absolute Gasteiger partial charge is 0.0296 e. The van der Waals surface area contributed by atoms with Crippen LogP contribution in [0.15, 0.2) is 24.3 Å². The van der Waals surface area contributed by atoms with Gasteiger partial charge in [-0.3, -0.25) is 0 Å². The standard InChI is InChI=1S/C17H27N/c1-4-15-9-7-10-16(12-15)18-14(3)17-11-6-5-8-13(17)2/h5-6,8,11,14-16,18H,4,7,9-10,12H2,1-3H3/t14-,15?,16?/m1/s1. The average molecular weight is 245 g/mol. The molecule has 0 radical (unpaired) electrons. The Balaban J connectivity index is 1.95. The van der Waals surface area contributed by atoms with Crippen LogP contribution in [0.5, 0.6) is 0 Å². The molecular weight excluding hydrogens is 218 g/mol. The summed E-state index contributed by atoms with van der Waals surface area (Å²) in [5.41, 5.74) is 2.86. The lowest BCUT2D eigenvalue weighted by atomic mass is 9.83. The molecule has 100 valence electrons. The van der Waals surface area contributed by atoms with Crippen LogP contribution in [0.2, 0.25) is 0 Å². The number of aryl methyl sites for hydroxylation is 1. The Kier molecular flexibility index (Phi) is 4.82. The van der Waals surface area contributed by atoms with Gasteiger partial charge in [-0.25, -0.2) is 0 Å². The van der Waals surface area contributed by atoms with Crippen LogP contribution >= 0.6 is 0 Å². The summed E-state index contributed by atoms with van der Waals surface area (Å²) in [6.45, 7) is 6.85. The lowest BCUT2D eigenvalue weighted by molar-refractivity contribution is 0.266. The van der Waals surface area contributed by atoms with E-state index in [2.05, 4.69) is 50.4 Å². The van der Waals surface area contributed by atoms with E-state index in [1.165, 1.54) is 43.2 Å². The second kappa shape index (κ2) is 6.38. The van der Waals surface area contributed by atoms with Crippen LogP contribution in [0.3, 0.4) is 0 Å². The second-order valence-corrected chi connectivity index (χ2v) is 5.88. The lowest BCUT2D eigenvalue weighted by Crippen LogP contribution is -2.36. The first kappa shape index (κ1) is 13.6. The zero-order valence-corrected chi connectivity index (χ0v) is 12.1. The van der Waals surface area contributed by atoms with Crippen LogP contribution in [0.1, 0.15) is 63.1 Å². The van der Waals surface area contributed by atoms with E-state index < -0.39 is 0 Å². The molecule has 0 aromatic heterocycles. The molecule has 1 nitrogen and oxygen atoms in total. The molecule has 0 saturated heterocycles. The maximum Gasteiger partial charge on any atom is 0.0296 e. The van der Waals surface area contributed by atoms with Crippen molar-refractivity contribution in [2.75, 3.05) is 0 Å². The van der Waals surface area contributed by atoms with Crippen LogP contribution in [0.4, 0.5) is 0 Å². The molecule has 0 amide bonds. The van der Waals surface area contributed by atoms with E-state index in [0.29, 0.717) is 6.04 Å². The molecule has 1 aliphatic rings. The van der Waals surface area contributed by atoms with Gasteiger partial charge in [0.15, 0.2) is 0 Å². The highest BCUT2D eigenvalue weighted by atomic mass is 14.9. The van der Waals surface area contributed by atoms with Crippen LogP contribution in [-0.2, 0) is 0 Å². The Labute approximate surface area is 112 Å². The number of rotatable bonds is 4. The predicted molar refractivity (Wildman–Crippen MR) is 78.8 cm³/mol. The minimum absolute atomic E-state index is 0.479. The third-order valence-corrected chi connectivity index (χ3v) is 4.50. The van der Waals surface area contributed by atoms with Crippen molar-refractivity contribution in [3.05, 3.63) is 35.4 Å². The molecule has 1 fully saturated rings. The van der Waals surface area contributed by atoms with Crippen molar-refractivity contribution in [3.8, 4) is 0 Å². The lowest BCUT2D eigenvalue weighted by Gasteiger charge is -2.32. The average Bonchev–Trinajstić information content (AvgIpc) is 2.39. The van der Waals surface area contributed by atoms with Crippen LogP contribution in [-0.4, -0.2) is 6.04 Å². The van der Waals surface area contributed by atoms with Gasteiger partial charge in [-0.1, -0.05) is 50.5 Å². The van der Waals surface area contributed by atoms with Gasteiger partial charge in [0.2, 0.25) is 0 Å². The van der Waals surface area contributed by atoms with Crippen LogP contribution in [0.25, 0.3) is 0 Å². The first-order valence-electron chi connectivity index (χ1n) is 7.52. The normalized spacial score (nSPS) is 25.9. The Morgan fingerprint density at radius 1 is 1.28 bits per heavy atom. The van der Waals surface area contributed by atoms with Gasteiger partial charge in [-0.15, -0.1) is 0 Å². The summed E-state index contributed by atoms with van der Waals surface area (Å²) in [4.78, 5) is 0. The molecule has 0 bridgehead atoms. The van der Waals surface area contributed by atoms with E-state index in [1.807, 2.05) is 0 Å². The van der Waals surface area contributed by atoms with Crippen molar-refractivity contribution in [2.45, 2.75) is 65.0 Å². The molecule has 0 heterocycles. The van der Waals surface area contributed by atoms with E-state index in [9.17, 15) is 0 Å². The molecule has 1 aromatic carbocycles. The van der Waals surface area contributed by atoms with Gasteiger partial charge < -0.3 is 5.32 Å². The summed E-state index contributed by atoms with van der Waals surface area (Å²) in [6.07, 6.45) is 6.90. The Bertz CT molecular complexity index is 372. The molecular formula is C17H27N. The van der Waals surface area contributed by atoms with Crippen molar-refractivity contribution >= 4 is 0 Å². The molecule has 0 spiro atoms. The predicted octanol–water partition coefficient (Wildman–Crippen LogP) is 4.61. The first-order chi connectivity index (χ1) is 8.70. The summed E-state index contributed by atoms with van der Waals surface area (Å²) < 4.78 is 0. The zero-order chi connectivity index (χ0) is 13.0. The monoisotopic (exact) mass is 245 g/mol. The number of hydrogen-bond acceptors (Lipinski definition) is 1. The molecule has 1 saturated carbocycles. The van der Waals surface area contributed by atoms with Gasteiger partial charge in [0.25, 0.3) is 0 Å². The molecule has 2 rings (SSSR count). The largest absolute Gasteiger partial charge is 0.307 e. The highest BCUT2D eigenvalue weighted by Gasteiger charge is 2.22. The molecule has 2 unspecified atom stereocenters. The Morgan fingerprint density at radius 3 is 2.78 bits per heavy atom. The fourth-order valence-electron chi connectivity index (χ4n) is 3.33. The molecule has 0 aliphatic heterocycles. The van der Waals surface area contributed by atoms with Gasteiger partial charge >= 0.3 is 0 Å². The van der Waals surface area contributed by atoms with Crippen molar-refractivity contribution in [1.29, 1.82) is 0 Å². The second-order valence-electron chi connectivity index (χ2n) is 5.88. The third-order valence-electron chi connectivity index (χ3n) is 4.50. The summed E-state index contributed by atoms with van der Waals surface area (Å²) in [6, 6.07) is 9.94. The molecule has 1 aliphatic carbocycles. The fourth-order valence-corrected chi connectivity index (χ4v) is 3.33. The van der Waals surface area contributed by atoms with Gasteiger partial charge in [-0.2, -0.15) is 0 Å². The number of nitrogens with one attached hydrogen (secondary N) is 1. The van der Waals surface area contributed by atoms with E-state index in [4.69, 9.17) is 0 Å².